The van der Waals surface area contributed by atoms with Gasteiger partial charge in [-0.3, -0.25) is 4.79 Å². The number of carbonyl (C=O) groups is 1. The van der Waals surface area contributed by atoms with Crippen molar-refractivity contribution < 1.29 is 13.6 Å². The molecule has 1 atom stereocenters. The molecule has 4 heteroatoms. The number of benzene rings is 1. The number of halogens is 1. The first-order valence-electron chi connectivity index (χ1n) is 7.31. The Balaban J connectivity index is 1.77. The quantitative estimate of drug-likeness (QED) is 0.841. The maximum Gasteiger partial charge on any atom is 0.257 e. The maximum atomic E-state index is 13.0. The van der Waals surface area contributed by atoms with Crippen molar-refractivity contribution in [2.45, 2.75) is 25.2 Å². The van der Waals surface area contributed by atoms with E-state index in [4.69, 9.17) is 4.42 Å². The molecule has 3 rings (SSSR count). The molecule has 1 aromatic heterocycles. The Bertz CT molecular complexity index is 592. The number of nitrogens with zero attached hydrogens (tertiary/aromatic N) is 1. The summed E-state index contributed by atoms with van der Waals surface area (Å²) in [7, 11) is 0. The number of likely N-dealkylation sites (tertiary alicyclic amines) is 1. The predicted octanol–water partition coefficient (Wildman–Crippen LogP) is 3.83. The first kappa shape index (κ1) is 13.9. The van der Waals surface area contributed by atoms with Crippen molar-refractivity contribution in [3.8, 4) is 0 Å². The zero-order valence-corrected chi connectivity index (χ0v) is 11.8. The molecule has 1 fully saturated rings. The van der Waals surface area contributed by atoms with Crippen LogP contribution in [0.3, 0.4) is 0 Å². The molecule has 1 aliphatic heterocycles. The molecule has 0 aliphatic carbocycles. The van der Waals surface area contributed by atoms with Crippen LogP contribution in [0.15, 0.2) is 47.3 Å². The molecule has 0 radical (unpaired) electrons. The van der Waals surface area contributed by atoms with Crippen molar-refractivity contribution in [2.24, 2.45) is 0 Å². The zero-order valence-electron chi connectivity index (χ0n) is 11.8. The van der Waals surface area contributed by atoms with Crippen LogP contribution in [0.5, 0.6) is 0 Å². The normalized spacial score (nSPS) is 19.3. The molecule has 0 unspecified atom stereocenters. The smallest absolute Gasteiger partial charge is 0.257 e. The number of rotatable bonds is 2. The highest BCUT2D eigenvalue weighted by molar-refractivity contribution is 5.93. The summed E-state index contributed by atoms with van der Waals surface area (Å²) in [5, 5.41) is 0. The highest BCUT2D eigenvalue weighted by atomic mass is 19.1. The third kappa shape index (κ3) is 3.15. The largest absolute Gasteiger partial charge is 0.472 e. The van der Waals surface area contributed by atoms with Gasteiger partial charge in [0.15, 0.2) is 0 Å². The van der Waals surface area contributed by atoms with Gasteiger partial charge in [0.05, 0.1) is 11.8 Å². The molecule has 110 valence electrons. The lowest BCUT2D eigenvalue weighted by Crippen LogP contribution is -2.33. The van der Waals surface area contributed by atoms with Gasteiger partial charge in [0.2, 0.25) is 0 Å². The summed E-state index contributed by atoms with van der Waals surface area (Å²) in [5.41, 5.74) is 1.69. The van der Waals surface area contributed by atoms with E-state index in [1.165, 1.54) is 24.7 Å². The lowest BCUT2D eigenvalue weighted by Gasteiger charge is -2.24. The molecular weight excluding hydrogens is 269 g/mol. The van der Waals surface area contributed by atoms with Crippen LogP contribution in [0, 0.1) is 5.82 Å². The number of furan rings is 1. The van der Waals surface area contributed by atoms with E-state index in [0.29, 0.717) is 12.1 Å². The fourth-order valence-electron chi connectivity index (χ4n) is 2.90. The van der Waals surface area contributed by atoms with E-state index in [2.05, 4.69) is 0 Å². The topological polar surface area (TPSA) is 33.5 Å². The number of hydrogen-bond acceptors (Lipinski definition) is 2. The lowest BCUT2D eigenvalue weighted by atomic mass is 9.94. The molecule has 3 nitrogen and oxygen atoms in total. The molecule has 0 saturated carbocycles. The van der Waals surface area contributed by atoms with Crippen molar-refractivity contribution in [3.05, 3.63) is 59.8 Å². The fourth-order valence-corrected chi connectivity index (χ4v) is 2.90. The van der Waals surface area contributed by atoms with Gasteiger partial charge in [0.25, 0.3) is 5.91 Å². The van der Waals surface area contributed by atoms with Crippen LogP contribution in [-0.4, -0.2) is 23.9 Å². The minimum absolute atomic E-state index is 0.0118. The van der Waals surface area contributed by atoms with Gasteiger partial charge in [-0.25, -0.2) is 4.39 Å². The summed E-state index contributed by atoms with van der Waals surface area (Å²) < 4.78 is 18.0. The Hall–Kier alpha value is -2.10. The molecule has 1 amide bonds. The third-order valence-corrected chi connectivity index (χ3v) is 4.07. The van der Waals surface area contributed by atoms with Gasteiger partial charge in [-0.15, -0.1) is 0 Å². The number of amides is 1. The van der Waals surface area contributed by atoms with Crippen LogP contribution >= 0.6 is 0 Å². The average molecular weight is 287 g/mol. The second-order valence-corrected chi connectivity index (χ2v) is 5.51. The lowest BCUT2D eigenvalue weighted by molar-refractivity contribution is 0.0754. The van der Waals surface area contributed by atoms with E-state index < -0.39 is 0 Å². The van der Waals surface area contributed by atoms with Crippen LogP contribution in [0.4, 0.5) is 4.39 Å². The molecule has 0 spiro atoms. The van der Waals surface area contributed by atoms with Gasteiger partial charge in [-0.05, 0) is 36.6 Å². The average Bonchev–Trinajstić information content (AvgIpc) is 2.92. The van der Waals surface area contributed by atoms with Crippen LogP contribution in [0.2, 0.25) is 0 Å². The molecule has 1 aromatic carbocycles. The van der Waals surface area contributed by atoms with Gasteiger partial charge >= 0.3 is 0 Å². The summed E-state index contributed by atoms with van der Waals surface area (Å²) in [6, 6.07) is 8.32. The Morgan fingerprint density at radius 3 is 2.71 bits per heavy atom. The molecule has 0 bridgehead atoms. The number of carbonyl (C=O) groups excluding carboxylic acids is 1. The second-order valence-electron chi connectivity index (χ2n) is 5.51. The van der Waals surface area contributed by atoms with Crippen molar-refractivity contribution in [2.75, 3.05) is 13.1 Å². The highest BCUT2D eigenvalue weighted by Crippen LogP contribution is 2.27. The van der Waals surface area contributed by atoms with E-state index >= 15 is 0 Å². The summed E-state index contributed by atoms with van der Waals surface area (Å²) in [5.74, 6) is 0.0559. The zero-order chi connectivity index (χ0) is 14.7. The molecule has 2 heterocycles. The minimum atomic E-state index is -0.223. The van der Waals surface area contributed by atoms with Crippen LogP contribution in [0.25, 0.3) is 0 Å². The number of hydrogen-bond donors (Lipinski definition) is 0. The third-order valence-electron chi connectivity index (χ3n) is 4.07. The Kier molecular flexibility index (Phi) is 4.04. The second kappa shape index (κ2) is 6.12. The van der Waals surface area contributed by atoms with Crippen molar-refractivity contribution in [1.82, 2.24) is 4.90 Å². The maximum absolute atomic E-state index is 13.0. The van der Waals surface area contributed by atoms with Crippen LogP contribution in [-0.2, 0) is 0 Å². The van der Waals surface area contributed by atoms with E-state index in [-0.39, 0.29) is 17.6 Å². The monoisotopic (exact) mass is 287 g/mol. The van der Waals surface area contributed by atoms with Gasteiger partial charge in [0, 0.05) is 19.0 Å². The molecule has 1 saturated heterocycles. The summed E-state index contributed by atoms with van der Waals surface area (Å²) >= 11 is 0. The molecule has 0 N–H and O–H groups in total. The summed E-state index contributed by atoms with van der Waals surface area (Å²) in [6.07, 6.45) is 6.11. The summed E-state index contributed by atoms with van der Waals surface area (Å²) in [6.45, 7) is 1.44. The Morgan fingerprint density at radius 1 is 1.19 bits per heavy atom. The van der Waals surface area contributed by atoms with E-state index in [0.717, 1.165) is 31.4 Å². The van der Waals surface area contributed by atoms with Crippen LogP contribution in [0.1, 0.15) is 41.1 Å². The molecule has 2 aromatic rings. The minimum Gasteiger partial charge on any atom is -0.472 e. The van der Waals surface area contributed by atoms with E-state index in [9.17, 15) is 9.18 Å². The Labute approximate surface area is 123 Å². The van der Waals surface area contributed by atoms with Crippen molar-refractivity contribution in [3.63, 3.8) is 0 Å². The first-order valence-corrected chi connectivity index (χ1v) is 7.31. The molecular formula is C17H18FNO2. The first-order chi connectivity index (χ1) is 10.2. The van der Waals surface area contributed by atoms with E-state index in [1.54, 1.807) is 6.07 Å². The van der Waals surface area contributed by atoms with E-state index in [1.807, 2.05) is 17.0 Å². The van der Waals surface area contributed by atoms with Crippen molar-refractivity contribution >= 4 is 5.91 Å². The standard InChI is InChI=1S/C17H18FNO2/c18-16-6-4-13(5-7-16)14-3-1-2-9-19(11-14)17(20)15-8-10-21-12-15/h4-8,10,12,14H,1-3,9,11H2/t14-/m0/s1. The summed E-state index contributed by atoms with van der Waals surface area (Å²) in [4.78, 5) is 14.3. The molecule has 1 aliphatic rings. The predicted molar refractivity (Wildman–Crippen MR) is 77.6 cm³/mol. The van der Waals surface area contributed by atoms with Crippen LogP contribution < -0.4 is 0 Å². The Morgan fingerprint density at radius 2 is 2.00 bits per heavy atom. The fraction of sp³-hybridized carbons (Fsp3) is 0.353. The van der Waals surface area contributed by atoms with Crippen molar-refractivity contribution in [1.29, 1.82) is 0 Å². The van der Waals surface area contributed by atoms with Gasteiger partial charge in [-0.2, -0.15) is 0 Å². The van der Waals surface area contributed by atoms with Gasteiger partial charge < -0.3 is 9.32 Å². The molecule has 21 heavy (non-hydrogen) atoms. The van der Waals surface area contributed by atoms with Gasteiger partial charge in [0.1, 0.15) is 12.1 Å². The van der Waals surface area contributed by atoms with Gasteiger partial charge in [-0.1, -0.05) is 18.6 Å². The highest BCUT2D eigenvalue weighted by Gasteiger charge is 2.24. The SMILES string of the molecule is O=C(c1ccoc1)N1CCCC[C@H](c2ccc(F)cc2)C1.